The molecule has 0 atom stereocenters. The van der Waals surface area contributed by atoms with Gasteiger partial charge in [0, 0.05) is 44.6 Å². The van der Waals surface area contributed by atoms with Crippen LogP contribution in [-0.4, -0.2) is 31.2 Å². The molecule has 2 N–H and O–H groups in total. The van der Waals surface area contributed by atoms with Crippen molar-refractivity contribution in [2.24, 2.45) is 0 Å². The molecule has 70 valence electrons. The second kappa shape index (κ2) is 3.62. The fourth-order valence-electron chi connectivity index (χ4n) is 1.56. The maximum absolute atomic E-state index is 11.4. The van der Waals surface area contributed by atoms with Crippen molar-refractivity contribution >= 4 is 5.69 Å². The number of nitrogens with zero attached hydrogens (tertiary/aromatic N) is 1. The lowest BCUT2D eigenvalue weighted by Gasteiger charge is -2.28. The lowest BCUT2D eigenvalue weighted by molar-refractivity contribution is 0.588. The highest BCUT2D eigenvalue weighted by atomic mass is 16.1. The van der Waals surface area contributed by atoms with E-state index in [4.69, 9.17) is 0 Å². The average Bonchev–Trinajstić information content (AvgIpc) is 2.20. The van der Waals surface area contributed by atoms with Gasteiger partial charge in [-0.15, -0.1) is 0 Å². The summed E-state index contributed by atoms with van der Waals surface area (Å²) in [5.74, 6) is 0. The summed E-state index contributed by atoms with van der Waals surface area (Å²) in [6.07, 6.45) is 3.43. The molecule has 1 aromatic heterocycles. The summed E-state index contributed by atoms with van der Waals surface area (Å²) in [6.45, 7) is 3.73. The molecule has 4 heteroatoms. The maximum Gasteiger partial charge on any atom is 0.204 e. The molecule has 2 heterocycles. The molecule has 0 aromatic carbocycles. The van der Waals surface area contributed by atoms with Crippen LogP contribution in [0.25, 0.3) is 0 Å². The van der Waals surface area contributed by atoms with Crippen molar-refractivity contribution in [3.05, 3.63) is 28.7 Å². The van der Waals surface area contributed by atoms with Gasteiger partial charge in [-0.1, -0.05) is 0 Å². The van der Waals surface area contributed by atoms with E-state index in [1.807, 2.05) is 0 Å². The minimum Gasteiger partial charge on any atom is -0.366 e. The highest BCUT2D eigenvalue weighted by Crippen LogP contribution is 2.05. The van der Waals surface area contributed by atoms with Crippen molar-refractivity contribution in [3.63, 3.8) is 0 Å². The van der Waals surface area contributed by atoms with Crippen LogP contribution in [0.3, 0.4) is 0 Å². The van der Waals surface area contributed by atoms with Gasteiger partial charge in [-0.2, -0.15) is 0 Å². The van der Waals surface area contributed by atoms with E-state index < -0.39 is 0 Å². The van der Waals surface area contributed by atoms with Crippen molar-refractivity contribution in [2.75, 3.05) is 31.1 Å². The van der Waals surface area contributed by atoms with Crippen LogP contribution in [0.15, 0.2) is 23.3 Å². The lowest BCUT2D eigenvalue weighted by atomic mass is 10.3. The number of nitrogens with one attached hydrogen (secondary N) is 2. The van der Waals surface area contributed by atoms with Gasteiger partial charge in [-0.3, -0.25) is 4.79 Å². The van der Waals surface area contributed by atoms with E-state index in [0.29, 0.717) is 0 Å². The monoisotopic (exact) mass is 179 g/mol. The number of piperazine rings is 1. The summed E-state index contributed by atoms with van der Waals surface area (Å²) < 4.78 is 0. The number of aromatic nitrogens is 1. The minimum absolute atomic E-state index is 0.0978. The van der Waals surface area contributed by atoms with E-state index in [0.717, 1.165) is 31.9 Å². The molecule has 0 bridgehead atoms. The average molecular weight is 179 g/mol. The Hall–Kier alpha value is -1.29. The van der Waals surface area contributed by atoms with Crippen LogP contribution in [0.1, 0.15) is 0 Å². The molecular weight excluding hydrogens is 166 g/mol. The largest absolute Gasteiger partial charge is 0.366 e. The third-order valence-electron chi connectivity index (χ3n) is 2.26. The summed E-state index contributed by atoms with van der Waals surface area (Å²) in [6, 6.07) is 1.57. The first-order valence-corrected chi connectivity index (χ1v) is 4.51. The normalized spacial score (nSPS) is 17.4. The molecule has 0 unspecified atom stereocenters. The highest BCUT2D eigenvalue weighted by molar-refractivity contribution is 5.43. The number of hydrogen-bond acceptors (Lipinski definition) is 3. The Morgan fingerprint density at radius 1 is 1.31 bits per heavy atom. The Kier molecular flexibility index (Phi) is 2.31. The second-order valence-electron chi connectivity index (χ2n) is 3.13. The molecule has 0 spiro atoms. The Labute approximate surface area is 76.6 Å². The van der Waals surface area contributed by atoms with Gasteiger partial charge in [0.05, 0.1) is 0 Å². The Morgan fingerprint density at radius 2 is 2.08 bits per heavy atom. The summed E-state index contributed by atoms with van der Waals surface area (Å²) in [5, 5.41) is 3.25. The molecule has 4 nitrogen and oxygen atoms in total. The zero-order chi connectivity index (χ0) is 9.10. The van der Waals surface area contributed by atoms with Crippen molar-refractivity contribution in [1.82, 2.24) is 10.3 Å². The molecule has 1 saturated heterocycles. The molecule has 13 heavy (non-hydrogen) atoms. The van der Waals surface area contributed by atoms with Crippen LogP contribution in [0.2, 0.25) is 0 Å². The predicted octanol–water partition coefficient (Wildman–Crippen LogP) is -0.216. The fourth-order valence-corrected chi connectivity index (χ4v) is 1.56. The SMILES string of the molecule is O=c1cc[nH]cc1N1CCNCC1. The topological polar surface area (TPSA) is 48.1 Å². The van der Waals surface area contributed by atoms with Crippen LogP contribution in [-0.2, 0) is 0 Å². The molecule has 2 rings (SSSR count). The molecule has 1 aliphatic rings. The molecular formula is C9H13N3O. The van der Waals surface area contributed by atoms with Gasteiger partial charge in [0.2, 0.25) is 5.43 Å². The Bertz CT molecular complexity index is 328. The van der Waals surface area contributed by atoms with Gasteiger partial charge < -0.3 is 15.2 Å². The van der Waals surface area contributed by atoms with Crippen LogP contribution in [0, 0.1) is 0 Å². The van der Waals surface area contributed by atoms with Crippen LogP contribution >= 0.6 is 0 Å². The highest BCUT2D eigenvalue weighted by Gasteiger charge is 2.12. The standard InChI is InChI=1S/C9H13N3O/c13-9-1-2-11-7-8(9)12-5-3-10-4-6-12/h1-2,7,10H,3-6H2,(H,11,13). The van der Waals surface area contributed by atoms with Crippen LogP contribution in [0.5, 0.6) is 0 Å². The molecule has 1 aromatic rings. The first kappa shape index (κ1) is 8.31. The molecule has 1 fully saturated rings. The van der Waals surface area contributed by atoms with Crippen molar-refractivity contribution < 1.29 is 0 Å². The van der Waals surface area contributed by atoms with Gasteiger partial charge in [0.1, 0.15) is 5.69 Å². The van der Waals surface area contributed by atoms with Crippen molar-refractivity contribution in [1.29, 1.82) is 0 Å². The van der Waals surface area contributed by atoms with E-state index >= 15 is 0 Å². The van der Waals surface area contributed by atoms with E-state index in [9.17, 15) is 4.79 Å². The Morgan fingerprint density at radius 3 is 2.77 bits per heavy atom. The minimum atomic E-state index is 0.0978. The summed E-state index contributed by atoms with van der Waals surface area (Å²) in [5.41, 5.74) is 0.879. The maximum atomic E-state index is 11.4. The first-order chi connectivity index (χ1) is 6.38. The van der Waals surface area contributed by atoms with Crippen LogP contribution < -0.4 is 15.6 Å². The first-order valence-electron chi connectivity index (χ1n) is 4.51. The number of pyridine rings is 1. The third-order valence-corrected chi connectivity index (χ3v) is 2.26. The predicted molar refractivity (Wildman–Crippen MR) is 52.1 cm³/mol. The van der Waals surface area contributed by atoms with E-state index in [1.54, 1.807) is 18.5 Å². The smallest absolute Gasteiger partial charge is 0.204 e. The van der Waals surface area contributed by atoms with Crippen molar-refractivity contribution in [2.45, 2.75) is 0 Å². The summed E-state index contributed by atoms with van der Waals surface area (Å²) in [4.78, 5) is 16.5. The van der Waals surface area contributed by atoms with Gasteiger partial charge in [0.15, 0.2) is 0 Å². The summed E-state index contributed by atoms with van der Waals surface area (Å²) >= 11 is 0. The zero-order valence-electron chi connectivity index (χ0n) is 7.42. The van der Waals surface area contributed by atoms with Crippen molar-refractivity contribution in [3.8, 4) is 0 Å². The molecule has 0 radical (unpaired) electrons. The third kappa shape index (κ3) is 1.72. The van der Waals surface area contributed by atoms with E-state index in [1.165, 1.54) is 0 Å². The number of rotatable bonds is 1. The molecule has 0 aliphatic carbocycles. The van der Waals surface area contributed by atoms with Gasteiger partial charge in [-0.05, 0) is 0 Å². The quantitative estimate of drug-likeness (QED) is 0.627. The number of hydrogen-bond donors (Lipinski definition) is 2. The number of anilines is 1. The molecule has 1 aliphatic heterocycles. The van der Waals surface area contributed by atoms with Crippen LogP contribution in [0.4, 0.5) is 5.69 Å². The summed E-state index contributed by atoms with van der Waals surface area (Å²) in [7, 11) is 0. The fraction of sp³-hybridized carbons (Fsp3) is 0.444. The Balaban J connectivity index is 2.24. The molecule has 0 saturated carbocycles. The zero-order valence-corrected chi connectivity index (χ0v) is 7.42. The second-order valence-corrected chi connectivity index (χ2v) is 3.13. The van der Waals surface area contributed by atoms with Gasteiger partial charge >= 0.3 is 0 Å². The number of H-pyrrole nitrogens is 1. The molecule has 0 amide bonds. The number of aromatic amines is 1. The van der Waals surface area contributed by atoms with E-state index in [2.05, 4.69) is 15.2 Å². The van der Waals surface area contributed by atoms with Gasteiger partial charge in [0.25, 0.3) is 0 Å². The van der Waals surface area contributed by atoms with E-state index in [-0.39, 0.29) is 5.43 Å². The van der Waals surface area contributed by atoms with Gasteiger partial charge in [-0.25, -0.2) is 0 Å². The lowest BCUT2D eigenvalue weighted by Crippen LogP contribution is -2.45.